The quantitative estimate of drug-likeness (QED) is 0.264. The molecule has 42 heavy (non-hydrogen) atoms. The summed E-state index contributed by atoms with van der Waals surface area (Å²) >= 11 is 8.55. The largest absolute Gasteiger partial charge is 0.444 e. The van der Waals surface area contributed by atoms with Crippen LogP contribution < -0.4 is 4.90 Å². The van der Waals surface area contributed by atoms with Crippen molar-refractivity contribution in [3.8, 4) is 11.1 Å². The van der Waals surface area contributed by atoms with Crippen LogP contribution >= 0.6 is 22.9 Å². The van der Waals surface area contributed by atoms with Crippen LogP contribution in [0.2, 0.25) is 23.2 Å². The van der Waals surface area contributed by atoms with Gasteiger partial charge >= 0.3 is 6.09 Å². The van der Waals surface area contributed by atoms with Gasteiger partial charge in [-0.3, -0.25) is 4.98 Å². The molecule has 5 rings (SSSR count). The Morgan fingerprint density at radius 1 is 1.10 bits per heavy atom. The van der Waals surface area contributed by atoms with Gasteiger partial charge in [0.15, 0.2) is 8.32 Å². The fourth-order valence-corrected chi connectivity index (χ4v) is 8.10. The lowest BCUT2D eigenvalue weighted by molar-refractivity contribution is 0.0197. The number of benzene rings is 1. The lowest BCUT2D eigenvalue weighted by atomic mass is 9.91. The number of piperidine rings is 1. The lowest BCUT2D eigenvalue weighted by Crippen LogP contribution is -2.52. The second kappa shape index (κ2) is 11.8. The van der Waals surface area contributed by atoms with E-state index in [4.69, 9.17) is 25.7 Å². The molecule has 0 saturated carbocycles. The molecule has 0 radical (unpaired) electrons. The molecule has 1 atom stereocenters. The number of halogens is 1. The van der Waals surface area contributed by atoms with Crippen LogP contribution in [-0.4, -0.2) is 55.6 Å². The van der Waals surface area contributed by atoms with E-state index in [1.165, 1.54) is 20.8 Å². The van der Waals surface area contributed by atoms with Crippen LogP contribution in [0.25, 0.3) is 21.3 Å². The Morgan fingerprint density at radius 3 is 2.57 bits per heavy atom. The molecule has 3 aromatic rings. The summed E-state index contributed by atoms with van der Waals surface area (Å²) in [5, 5.41) is 0.918. The first kappa shape index (κ1) is 31.3. The number of hydrogen-bond donors (Lipinski definition) is 0. The number of nitrogens with zero attached hydrogens (tertiary/aromatic N) is 3. The fraction of sp³-hybridized carbons (Fsp3) is 0.576. The standard InChI is InChI=1S/C33H46ClN3O3SSi/c1-32(2,3)40-31(38)36-15-10-12-24(20-36)37-16-9-11-22-17-23(34)18-27(29(22)37)26-13-14-35-28-19-25(41-30(26)28)21-39-42(7,8)33(4,5)6/h13-14,17-19,24H,9-12,15-16,20-21H2,1-8H3. The van der Waals surface area contributed by atoms with Gasteiger partial charge in [0.2, 0.25) is 0 Å². The number of pyridine rings is 1. The molecule has 2 aromatic heterocycles. The highest BCUT2D eigenvalue weighted by Crippen LogP contribution is 2.45. The summed E-state index contributed by atoms with van der Waals surface area (Å²) < 4.78 is 13.5. The Kier molecular flexibility index (Phi) is 8.76. The van der Waals surface area contributed by atoms with Crippen molar-refractivity contribution in [3.05, 3.63) is 45.9 Å². The summed E-state index contributed by atoms with van der Waals surface area (Å²) in [7, 11) is -1.87. The van der Waals surface area contributed by atoms with Gasteiger partial charge in [-0.1, -0.05) is 32.4 Å². The Morgan fingerprint density at radius 2 is 1.86 bits per heavy atom. The highest BCUT2D eigenvalue weighted by atomic mass is 35.5. The van der Waals surface area contributed by atoms with Gasteiger partial charge in [0.05, 0.1) is 16.8 Å². The summed E-state index contributed by atoms with van der Waals surface area (Å²) in [4.78, 5) is 23.4. The van der Waals surface area contributed by atoms with E-state index in [1.54, 1.807) is 11.3 Å². The minimum atomic E-state index is -1.87. The van der Waals surface area contributed by atoms with Gasteiger partial charge in [-0.15, -0.1) is 11.3 Å². The number of carbonyl (C=O) groups excluding carboxylic acids is 1. The lowest BCUT2D eigenvalue weighted by Gasteiger charge is -2.44. The summed E-state index contributed by atoms with van der Waals surface area (Å²) in [5.41, 5.74) is 5.33. The molecule has 2 aliphatic rings. The SMILES string of the molecule is CC(C)(C)OC(=O)N1CCCC(N2CCCc3cc(Cl)cc(-c4ccnc5cc(CO[Si](C)(C)C(C)(C)C)sc45)c32)C1. The summed E-state index contributed by atoms with van der Waals surface area (Å²) in [6.45, 7) is 20.2. The smallest absolute Gasteiger partial charge is 0.410 e. The first-order chi connectivity index (χ1) is 19.6. The molecule has 0 N–H and O–H groups in total. The third kappa shape index (κ3) is 6.67. The van der Waals surface area contributed by atoms with E-state index in [-0.39, 0.29) is 17.2 Å². The summed E-state index contributed by atoms with van der Waals surface area (Å²) in [6.07, 6.45) is 5.75. The topological polar surface area (TPSA) is 54.9 Å². The average molecular weight is 628 g/mol. The normalized spacial score (nSPS) is 18.4. The number of rotatable bonds is 5. The van der Waals surface area contributed by atoms with Gasteiger partial charge < -0.3 is 19.0 Å². The van der Waals surface area contributed by atoms with Crippen molar-refractivity contribution in [3.63, 3.8) is 0 Å². The molecule has 1 amide bonds. The molecule has 4 heterocycles. The number of amides is 1. The van der Waals surface area contributed by atoms with Crippen LogP contribution in [0.5, 0.6) is 0 Å². The maximum atomic E-state index is 13.0. The van der Waals surface area contributed by atoms with Crippen LogP contribution in [-0.2, 0) is 22.2 Å². The maximum Gasteiger partial charge on any atom is 0.410 e. The molecule has 6 nitrogen and oxygen atoms in total. The molecule has 1 aromatic carbocycles. The zero-order valence-electron chi connectivity index (χ0n) is 26.5. The van der Waals surface area contributed by atoms with E-state index in [9.17, 15) is 4.79 Å². The second-order valence-electron chi connectivity index (χ2n) is 14.3. The average Bonchev–Trinajstić information content (AvgIpc) is 3.33. The zero-order chi connectivity index (χ0) is 30.4. The third-order valence-corrected chi connectivity index (χ3v) is 14.7. The van der Waals surface area contributed by atoms with Gasteiger partial charge in [0, 0.05) is 58.6 Å². The van der Waals surface area contributed by atoms with Crippen molar-refractivity contribution in [1.82, 2.24) is 9.88 Å². The molecule has 1 saturated heterocycles. The van der Waals surface area contributed by atoms with E-state index in [0.717, 1.165) is 60.4 Å². The van der Waals surface area contributed by atoms with E-state index < -0.39 is 13.9 Å². The van der Waals surface area contributed by atoms with Crippen LogP contribution in [0.1, 0.15) is 71.2 Å². The second-order valence-corrected chi connectivity index (χ2v) is 20.7. The van der Waals surface area contributed by atoms with Crippen molar-refractivity contribution in [2.45, 2.75) is 104 Å². The molecular weight excluding hydrogens is 582 g/mol. The molecule has 0 bridgehead atoms. The summed E-state index contributed by atoms with van der Waals surface area (Å²) in [6, 6.07) is 8.79. The Bertz CT molecular complexity index is 1460. The van der Waals surface area contributed by atoms with Crippen molar-refractivity contribution in [2.75, 3.05) is 24.5 Å². The number of anilines is 1. The first-order valence-electron chi connectivity index (χ1n) is 15.2. The highest BCUT2D eigenvalue weighted by molar-refractivity contribution is 7.19. The monoisotopic (exact) mass is 627 g/mol. The number of ether oxygens (including phenoxy) is 1. The van der Waals surface area contributed by atoms with Crippen LogP contribution in [0.3, 0.4) is 0 Å². The highest BCUT2D eigenvalue weighted by Gasteiger charge is 2.37. The fourth-order valence-electron chi connectivity index (χ4n) is 5.75. The molecule has 0 spiro atoms. The zero-order valence-corrected chi connectivity index (χ0v) is 29.0. The maximum absolute atomic E-state index is 13.0. The number of carbonyl (C=O) groups is 1. The molecule has 2 aliphatic heterocycles. The van der Waals surface area contributed by atoms with E-state index in [2.05, 4.69) is 63.0 Å². The third-order valence-electron chi connectivity index (χ3n) is 8.91. The van der Waals surface area contributed by atoms with Gasteiger partial charge in [-0.2, -0.15) is 0 Å². The predicted octanol–water partition coefficient (Wildman–Crippen LogP) is 9.29. The van der Waals surface area contributed by atoms with Gasteiger partial charge in [-0.25, -0.2) is 4.79 Å². The number of aryl methyl sites for hydroxylation is 1. The number of hydrogen-bond acceptors (Lipinski definition) is 6. The Labute approximate surface area is 261 Å². The van der Waals surface area contributed by atoms with Crippen LogP contribution in [0, 0.1) is 0 Å². The van der Waals surface area contributed by atoms with E-state index in [0.29, 0.717) is 13.2 Å². The molecular formula is C33H46ClN3O3SSi. The minimum Gasteiger partial charge on any atom is -0.444 e. The number of fused-ring (bicyclic) bond motifs is 2. The van der Waals surface area contributed by atoms with E-state index >= 15 is 0 Å². The van der Waals surface area contributed by atoms with Gasteiger partial charge in [-0.05, 0) is 94.4 Å². The Balaban J connectivity index is 1.49. The number of likely N-dealkylation sites (tertiary alicyclic amines) is 1. The molecule has 0 aliphatic carbocycles. The predicted molar refractivity (Wildman–Crippen MR) is 179 cm³/mol. The van der Waals surface area contributed by atoms with Crippen LogP contribution in [0.15, 0.2) is 30.5 Å². The summed E-state index contributed by atoms with van der Waals surface area (Å²) in [5.74, 6) is 0. The van der Waals surface area contributed by atoms with Crippen molar-refractivity contribution in [2.24, 2.45) is 0 Å². The van der Waals surface area contributed by atoms with Crippen LogP contribution in [0.4, 0.5) is 10.5 Å². The van der Waals surface area contributed by atoms with Gasteiger partial charge in [0.25, 0.3) is 0 Å². The van der Waals surface area contributed by atoms with Crippen molar-refractivity contribution >= 4 is 53.3 Å². The van der Waals surface area contributed by atoms with Crippen molar-refractivity contribution < 1.29 is 14.0 Å². The number of thiophene rings is 1. The molecule has 228 valence electrons. The van der Waals surface area contributed by atoms with Gasteiger partial charge in [0.1, 0.15) is 5.60 Å². The first-order valence-corrected chi connectivity index (χ1v) is 19.3. The molecule has 1 unspecified atom stereocenters. The number of aromatic nitrogens is 1. The van der Waals surface area contributed by atoms with Crippen molar-refractivity contribution in [1.29, 1.82) is 0 Å². The van der Waals surface area contributed by atoms with E-state index in [1.807, 2.05) is 31.9 Å². The molecule has 1 fully saturated rings. The molecule has 9 heteroatoms. The minimum absolute atomic E-state index is 0.161. The Hall–Kier alpha value is -2.13.